The third-order valence-corrected chi connectivity index (χ3v) is 1.53. The summed E-state index contributed by atoms with van der Waals surface area (Å²) in [6.07, 6.45) is -4.45. The molecule has 0 atom stereocenters. The predicted octanol–water partition coefficient (Wildman–Crippen LogP) is 0.887. The Balaban J connectivity index is 2.87. The molecule has 96 valence electrons. The number of halogens is 3. The molecule has 17 heavy (non-hydrogen) atoms. The number of aromatic nitrogens is 3. The van der Waals surface area contributed by atoms with Crippen molar-refractivity contribution in [2.24, 2.45) is 0 Å². The molecule has 0 saturated carbocycles. The second kappa shape index (κ2) is 5.02. The Morgan fingerprint density at radius 1 is 1.12 bits per heavy atom. The van der Waals surface area contributed by atoms with Crippen LogP contribution in [0.3, 0.4) is 0 Å². The molecule has 0 saturated heterocycles. The molecule has 0 N–H and O–H groups in total. The third kappa shape index (κ3) is 4.29. The predicted molar refractivity (Wildman–Crippen MR) is 52.3 cm³/mol. The van der Waals surface area contributed by atoms with Gasteiger partial charge in [0.2, 0.25) is 5.95 Å². The van der Waals surface area contributed by atoms with Crippen molar-refractivity contribution in [2.75, 3.05) is 32.7 Å². The minimum atomic E-state index is -4.45. The molecule has 0 amide bonds. The fraction of sp³-hybridized carbons (Fsp3) is 0.625. The van der Waals surface area contributed by atoms with Gasteiger partial charge in [-0.2, -0.15) is 23.1 Å². The van der Waals surface area contributed by atoms with Gasteiger partial charge in [0.25, 0.3) is 0 Å². The second-order valence-corrected chi connectivity index (χ2v) is 3.20. The fourth-order valence-electron chi connectivity index (χ4n) is 0.830. The van der Waals surface area contributed by atoms with Crippen LogP contribution in [0.4, 0.5) is 19.1 Å². The first kappa shape index (κ1) is 13.3. The van der Waals surface area contributed by atoms with E-state index in [1.807, 2.05) is 0 Å². The number of hydrogen-bond donors (Lipinski definition) is 0. The largest absolute Gasteiger partial charge is 0.467 e. The fourth-order valence-corrected chi connectivity index (χ4v) is 0.830. The molecule has 0 aliphatic carbocycles. The Morgan fingerprint density at radius 2 is 1.71 bits per heavy atom. The summed E-state index contributed by atoms with van der Waals surface area (Å²) in [6, 6.07) is -0.543. The van der Waals surface area contributed by atoms with Crippen LogP contribution in [0.5, 0.6) is 12.0 Å². The lowest BCUT2D eigenvalue weighted by Gasteiger charge is -2.12. The smallest absolute Gasteiger partial charge is 0.422 e. The number of methoxy groups -OCH3 is 1. The lowest BCUT2D eigenvalue weighted by molar-refractivity contribution is -0.154. The molecule has 0 bridgehead atoms. The van der Waals surface area contributed by atoms with Crippen molar-refractivity contribution in [3.05, 3.63) is 0 Å². The second-order valence-electron chi connectivity index (χ2n) is 3.20. The van der Waals surface area contributed by atoms with Crippen LogP contribution in [0, 0.1) is 0 Å². The lowest BCUT2D eigenvalue weighted by Crippen LogP contribution is -2.21. The number of alkyl halides is 3. The standard InChI is InChI=1S/C8H11F3N4O2/c1-15(2)5-12-6(16-3)14-7(13-5)17-4-8(9,10)11/h4H2,1-3H3. The maximum absolute atomic E-state index is 11.9. The van der Waals surface area contributed by atoms with Crippen LogP contribution in [0.2, 0.25) is 0 Å². The van der Waals surface area contributed by atoms with Gasteiger partial charge in [0, 0.05) is 14.1 Å². The van der Waals surface area contributed by atoms with Crippen LogP contribution < -0.4 is 14.4 Å². The van der Waals surface area contributed by atoms with E-state index < -0.39 is 18.8 Å². The maximum atomic E-state index is 11.9. The zero-order valence-electron chi connectivity index (χ0n) is 9.45. The number of ether oxygens (including phenoxy) is 2. The van der Waals surface area contributed by atoms with Gasteiger partial charge in [-0.05, 0) is 0 Å². The minimum Gasteiger partial charge on any atom is -0.467 e. The van der Waals surface area contributed by atoms with Crippen molar-refractivity contribution in [3.8, 4) is 12.0 Å². The van der Waals surface area contributed by atoms with Crippen LogP contribution in [-0.4, -0.2) is 48.9 Å². The van der Waals surface area contributed by atoms with Crippen LogP contribution in [-0.2, 0) is 0 Å². The number of rotatable bonds is 4. The molecule has 0 unspecified atom stereocenters. The van der Waals surface area contributed by atoms with E-state index in [0.717, 1.165) is 0 Å². The summed E-state index contributed by atoms with van der Waals surface area (Å²) in [5.41, 5.74) is 0. The van der Waals surface area contributed by atoms with Gasteiger partial charge in [-0.15, -0.1) is 4.98 Å². The van der Waals surface area contributed by atoms with E-state index in [4.69, 9.17) is 4.74 Å². The molecular weight excluding hydrogens is 241 g/mol. The van der Waals surface area contributed by atoms with E-state index in [9.17, 15) is 13.2 Å². The SMILES string of the molecule is COc1nc(OCC(F)(F)F)nc(N(C)C)n1. The van der Waals surface area contributed by atoms with Gasteiger partial charge in [0.1, 0.15) is 0 Å². The molecular formula is C8H11F3N4O2. The van der Waals surface area contributed by atoms with Crippen molar-refractivity contribution >= 4 is 5.95 Å². The highest BCUT2D eigenvalue weighted by Gasteiger charge is 2.29. The molecule has 1 aromatic rings. The Kier molecular flexibility index (Phi) is 3.92. The average Bonchev–Trinajstić information content (AvgIpc) is 2.25. The van der Waals surface area contributed by atoms with Crippen molar-refractivity contribution in [1.29, 1.82) is 0 Å². The summed E-state index contributed by atoms with van der Waals surface area (Å²) < 4.78 is 45.0. The number of hydrogen-bond acceptors (Lipinski definition) is 6. The molecule has 9 heteroatoms. The topological polar surface area (TPSA) is 60.4 Å². The van der Waals surface area contributed by atoms with Gasteiger partial charge in [-0.25, -0.2) is 0 Å². The summed E-state index contributed by atoms with van der Waals surface area (Å²) in [4.78, 5) is 12.5. The van der Waals surface area contributed by atoms with Crippen molar-refractivity contribution in [2.45, 2.75) is 6.18 Å². The van der Waals surface area contributed by atoms with E-state index in [2.05, 4.69) is 19.7 Å². The van der Waals surface area contributed by atoms with E-state index >= 15 is 0 Å². The zero-order chi connectivity index (χ0) is 13.1. The van der Waals surface area contributed by atoms with Crippen molar-refractivity contribution in [3.63, 3.8) is 0 Å². The van der Waals surface area contributed by atoms with Crippen LogP contribution >= 0.6 is 0 Å². The van der Waals surface area contributed by atoms with E-state index in [0.29, 0.717) is 0 Å². The molecule has 0 radical (unpaired) electrons. The molecule has 0 spiro atoms. The van der Waals surface area contributed by atoms with Gasteiger partial charge < -0.3 is 14.4 Å². The minimum absolute atomic E-state index is 0.110. The summed E-state index contributed by atoms with van der Waals surface area (Å²) in [5, 5.41) is 0. The summed E-state index contributed by atoms with van der Waals surface area (Å²) in [6.45, 7) is -1.47. The zero-order valence-corrected chi connectivity index (χ0v) is 9.45. The molecule has 0 aromatic carbocycles. The molecule has 0 aliphatic heterocycles. The highest BCUT2D eigenvalue weighted by molar-refractivity contribution is 5.29. The summed E-state index contributed by atoms with van der Waals surface area (Å²) in [7, 11) is 4.55. The first-order valence-electron chi connectivity index (χ1n) is 4.49. The summed E-state index contributed by atoms with van der Waals surface area (Å²) >= 11 is 0. The number of anilines is 1. The van der Waals surface area contributed by atoms with Crippen LogP contribution in [0.25, 0.3) is 0 Å². The highest BCUT2D eigenvalue weighted by atomic mass is 19.4. The molecule has 6 nitrogen and oxygen atoms in total. The monoisotopic (exact) mass is 252 g/mol. The summed E-state index contributed by atoms with van der Waals surface area (Å²) in [5.74, 6) is 0.147. The van der Waals surface area contributed by atoms with E-state index in [1.54, 1.807) is 14.1 Å². The van der Waals surface area contributed by atoms with Crippen molar-refractivity contribution in [1.82, 2.24) is 15.0 Å². The van der Waals surface area contributed by atoms with E-state index in [1.165, 1.54) is 12.0 Å². The molecule has 0 aliphatic rings. The number of nitrogens with zero attached hydrogens (tertiary/aromatic N) is 4. The first-order chi connectivity index (χ1) is 7.81. The quantitative estimate of drug-likeness (QED) is 0.793. The molecule has 1 heterocycles. The Bertz CT molecular complexity index is 384. The van der Waals surface area contributed by atoms with Gasteiger partial charge >= 0.3 is 18.2 Å². The van der Waals surface area contributed by atoms with Gasteiger partial charge in [-0.3, -0.25) is 0 Å². The Morgan fingerprint density at radius 3 is 2.18 bits per heavy atom. The molecule has 0 fully saturated rings. The first-order valence-corrected chi connectivity index (χ1v) is 4.49. The average molecular weight is 252 g/mol. The third-order valence-electron chi connectivity index (χ3n) is 1.53. The lowest BCUT2D eigenvalue weighted by atomic mass is 10.7. The van der Waals surface area contributed by atoms with Crippen LogP contribution in [0.1, 0.15) is 0 Å². The van der Waals surface area contributed by atoms with Gasteiger partial charge in [0.05, 0.1) is 7.11 Å². The van der Waals surface area contributed by atoms with Gasteiger partial charge in [0.15, 0.2) is 6.61 Å². The van der Waals surface area contributed by atoms with Gasteiger partial charge in [-0.1, -0.05) is 0 Å². The highest BCUT2D eigenvalue weighted by Crippen LogP contribution is 2.18. The molecule has 1 aromatic heterocycles. The molecule has 1 rings (SSSR count). The Hall–Kier alpha value is -1.80. The Labute approximate surface area is 95.4 Å². The normalized spacial score (nSPS) is 11.2. The van der Waals surface area contributed by atoms with Crippen molar-refractivity contribution < 1.29 is 22.6 Å². The maximum Gasteiger partial charge on any atom is 0.422 e. The van der Waals surface area contributed by atoms with E-state index in [-0.39, 0.29) is 12.0 Å². The van der Waals surface area contributed by atoms with Crippen LogP contribution in [0.15, 0.2) is 0 Å².